The van der Waals surface area contributed by atoms with E-state index in [0.29, 0.717) is 6.42 Å². The number of carboxylic acids is 1. The molecule has 0 amide bonds. The van der Waals surface area contributed by atoms with Crippen molar-refractivity contribution in [2.24, 2.45) is 5.92 Å². The Morgan fingerprint density at radius 3 is 2.48 bits per heavy atom. The Balaban J connectivity index is 2.68. The van der Waals surface area contributed by atoms with Crippen LogP contribution in [-0.2, 0) is 21.2 Å². The molecule has 0 heterocycles. The molecule has 1 aromatic rings. The van der Waals surface area contributed by atoms with Crippen LogP contribution in [-0.4, -0.2) is 31.3 Å². The van der Waals surface area contributed by atoms with Crippen molar-refractivity contribution in [1.29, 1.82) is 0 Å². The van der Waals surface area contributed by atoms with E-state index in [-0.39, 0.29) is 18.1 Å². The fourth-order valence-corrected chi connectivity index (χ4v) is 3.61. The van der Waals surface area contributed by atoms with Gasteiger partial charge < -0.3 is 5.11 Å². The molecule has 0 aromatic heterocycles. The van der Waals surface area contributed by atoms with Crippen LogP contribution in [0, 0.1) is 5.92 Å². The molecule has 0 fully saturated rings. The minimum atomic E-state index is -3.64. The highest BCUT2D eigenvalue weighted by molar-refractivity contribution is 9.10. The van der Waals surface area contributed by atoms with Gasteiger partial charge in [0.15, 0.2) is 0 Å². The van der Waals surface area contributed by atoms with Crippen molar-refractivity contribution in [3.05, 3.63) is 34.3 Å². The molecule has 0 aliphatic carbocycles. The van der Waals surface area contributed by atoms with Gasteiger partial charge in [-0.25, -0.2) is 13.1 Å². The SMILES string of the molecule is CC(C)C[C@@H](NS(=O)(=O)CCc1ccccc1Br)C(=O)O. The van der Waals surface area contributed by atoms with Crippen LogP contribution in [0.2, 0.25) is 0 Å². The smallest absolute Gasteiger partial charge is 0.321 e. The van der Waals surface area contributed by atoms with Crippen molar-refractivity contribution >= 4 is 31.9 Å². The number of hydrogen-bond donors (Lipinski definition) is 2. The third-order valence-electron chi connectivity index (χ3n) is 2.92. The zero-order valence-electron chi connectivity index (χ0n) is 12.0. The number of carboxylic acid groups (broad SMARTS) is 1. The Morgan fingerprint density at radius 1 is 1.33 bits per heavy atom. The van der Waals surface area contributed by atoms with Crippen molar-refractivity contribution in [1.82, 2.24) is 4.72 Å². The molecular weight excluding hydrogens is 358 g/mol. The van der Waals surface area contributed by atoms with Crippen molar-refractivity contribution in [2.45, 2.75) is 32.7 Å². The zero-order valence-corrected chi connectivity index (χ0v) is 14.4. The highest BCUT2D eigenvalue weighted by Crippen LogP contribution is 2.17. The van der Waals surface area contributed by atoms with Gasteiger partial charge in [-0.2, -0.15) is 0 Å². The lowest BCUT2D eigenvalue weighted by Crippen LogP contribution is -2.42. The molecule has 7 heteroatoms. The molecule has 0 radical (unpaired) electrons. The Kier molecular flexibility index (Phi) is 6.83. The summed E-state index contributed by atoms with van der Waals surface area (Å²) in [6, 6.07) is 6.29. The molecule has 118 valence electrons. The summed E-state index contributed by atoms with van der Waals surface area (Å²) in [6.45, 7) is 3.70. The second-order valence-electron chi connectivity index (χ2n) is 5.30. The fourth-order valence-electron chi connectivity index (χ4n) is 1.89. The van der Waals surface area contributed by atoms with E-state index in [1.165, 1.54) is 0 Å². The lowest BCUT2D eigenvalue weighted by atomic mass is 10.1. The summed E-state index contributed by atoms with van der Waals surface area (Å²) in [7, 11) is -3.64. The largest absolute Gasteiger partial charge is 0.480 e. The molecule has 0 unspecified atom stereocenters. The van der Waals surface area contributed by atoms with Gasteiger partial charge in [-0.1, -0.05) is 48.0 Å². The lowest BCUT2D eigenvalue weighted by molar-refractivity contribution is -0.139. The Hall–Kier alpha value is -0.920. The minimum absolute atomic E-state index is 0.0945. The first-order valence-electron chi connectivity index (χ1n) is 6.67. The maximum atomic E-state index is 12.0. The van der Waals surface area contributed by atoms with Gasteiger partial charge >= 0.3 is 5.97 Å². The van der Waals surface area contributed by atoms with Gasteiger partial charge in [0.1, 0.15) is 6.04 Å². The summed E-state index contributed by atoms with van der Waals surface area (Å²) in [5, 5.41) is 9.08. The monoisotopic (exact) mass is 377 g/mol. The number of halogens is 1. The first-order chi connectivity index (χ1) is 9.71. The predicted octanol–water partition coefficient (Wildman–Crippen LogP) is 2.41. The number of benzene rings is 1. The highest BCUT2D eigenvalue weighted by Gasteiger charge is 2.24. The molecule has 5 nitrogen and oxygen atoms in total. The highest BCUT2D eigenvalue weighted by atomic mass is 79.9. The number of carbonyl (C=O) groups is 1. The summed E-state index contributed by atoms with van der Waals surface area (Å²) >= 11 is 3.36. The van der Waals surface area contributed by atoms with Gasteiger partial charge in [-0.05, 0) is 30.4 Å². The molecule has 0 aliphatic rings. The number of sulfonamides is 1. The number of rotatable bonds is 8. The first kappa shape index (κ1) is 18.1. The van der Waals surface area contributed by atoms with Crippen molar-refractivity contribution in [2.75, 3.05) is 5.75 Å². The molecule has 1 atom stereocenters. The quantitative estimate of drug-likeness (QED) is 0.728. The fraction of sp³-hybridized carbons (Fsp3) is 0.500. The lowest BCUT2D eigenvalue weighted by Gasteiger charge is -2.16. The topological polar surface area (TPSA) is 83.5 Å². The van der Waals surface area contributed by atoms with Crippen LogP contribution in [0.1, 0.15) is 25.8 Å². The Bertz CT molecular complexity index is 586. The van der Waals surface area contributed by atoms with Crippen LogP contribution in [0.3, 0.4) is 0 Å². The second kappa shape index (κ2) is 7.91. The van der Waals surface area contributed by atoms with Gasteiger partial charge in [-0.15, -0.1) is 0 Å². The molecule has 0 saturated heterocycles. The van der Waals surface area contributed by atoms with E-state index in [1.54, 1.807) is 0 Å². The van der Waals surface area contributed by atoms with Gasteiger partial charge in [-0.3, -0.25) is 4.79 Å². The predicted molar refractivity (Wildman–Crippen MR) is 85.6 cm³/mol. The molecular formula is C14H20BrNO4S. The van der Waals surface area contributed by atoms with Crippen LogP contribution in [0.25, 0.3) is 0 Å². The number of aliphatic carboxylic acids is 1. The van der Waals surface area contributed by atoms with E-state index in [0.717, 1.165) is 10.0 Å². The minimum Gasteiger partial charge on any atom is -0.480 e. The summed E-state index contributed by atoms with van der Waals surface area (Å²) in [5.74, 6) is -1.19. The summed E-state index contributed by atoms with van der Waals surface area (Å²) in [5.41, 5.74) is 0.874. The maximum absolute atomic E-state index is 12.0. The summed E-state index contributed by atoms with van der Waals surface area (Å²) in [6.07, 6.45) is 0.592. The molecule has 2 N–H and O–H groups in total. The molecule has 21 heavy (non-hydrogen) atoms. The van der Waals surface area contributed by atoms with Crippen LogP contribution in [0.4, 0.5) is 0 Å². The van der Waals surface area contributed by atoms with Crippen molar-refractivity contribution in [3.8, 4) is 0 Å². The Morgan fingerprint density at radius 2 is 1.95 bits per heavy atom. The standard InChI is InChI=1S/C14H20BrNO4S/c1-10(2)9-13(14(17)18)16-21(19,20)8-7-11-5-3-4-6-12(11)15/h3-6,10,13,16H,7-9H2,1-2H3,(H,17,18)/t13-/m1/s1. The number of nitrogens with one attached hydrogen (secondary N) is 1. The zero-order chi connectivity index (χ0) is 16.0. The van der Waals surface area contributed by atoms with E-state index in [1.807, 2.05) is 38.1 Å². The third kappa shape index (κ3) is 6.58. The first-order valence-corrected chi connectivity index (χ1v) is 9.12. The van der Waals surface area contributed by atoms with E-state index < -0.39 is 22.0 Å². The van der Waals surface area contributed by atoms with Gasteiger partial charge in [0.2, 0.25) is 10.0 Å². The Labute approximate surface area is 133 Å². The maximum Gasteiger partial charge on any atom is 0.321 e. The van der Waals surface area contributed by atoms with Crippen molar-refractivity contribution < 1.29 is 18.3 Å². The van der Waals surface area contributed by atoms with Gasteiger partial charge in [0.05, 0.1) is 5.75 Å². The average Bonchev–Trinajstić information content (AvgIpc) is 2.36. The molecule has 0 aliphatic heterocycles. The molecule has 0 bridgehead atoms. The van der Waals surface area contributed by atoms with Gasteiger partial charge in [0, 0.05) is 4.47 Å². The van der Waals surface area contributed by atoms with E-state index >= 15 is 0 Å². The summed E-state index contributed by atoms with van der Waals surface area (Å²) < 4.78 is 27.2. The van der Waals surface area contributed by atoms with Crippen LogP contribution in [0.5, 0.6) is 0 Å². The second-order valence-corrected chi connectivity index (χ2v) is 8.03. The van der Waals surface area contributed by atoms with Gasteiger partial charge in [0.25, 0.3) is 0 Å². The van der Waals surface area contributed by atoms with Crippen LogP contribution >= 0.6 is 15.9 Å². The van der Waals surface area contributed by atoms with E-state index in [4.69, 9.17) is 5.11 Å². The van der Waals surface area contributed by atoms with Crippen LogP contribution < -0.4 is 4.72 Å². The average molecular weight is 378 g/mol. The number of hydrogen-bond acceptors (Lipinski definition) is 3. The molecule has 0 spiro atoms. The summed E-state index contributed by atoms with van der Waals surface area (Å²) in [4.78, 5) is 11.1. The van der Waals surface area contributed by atoms with Crippen LogP contribution in [0.15, 0.2) is 28.7 Å². The molecule has 1 rings (SSSR count). The van der Waals surface area contributed by atoms with E-state index in [2.05, 4.69) is 20.7 Å². The third-order valence-corrected chi connectivity index (χ3v) is 5.08. The molecule has 1 aromatic carbocycles. The van der Waals surface area contributed by atoms with E-state index in [9.17, 15) is 13.2 Å². The molecule has 0 saturated carbocycles. The normalized spacial score (nSPS) is 13.3. The number of aryl methyl sites for hydroxylation is 1. The van der Waals surface area contributed by atoms with Crippen molar-refractivity contribution in [3.63, 3.8) is 0 Å².